The molecule has 0 radical (unpaired) electrons. The second-order valence-electron chi connectivity index (χ2n) is 0.0583. The zero-order valence-electron chi connectivity index (χ0n) is 1.57. The molecule has 0 aromatic heterocycles. The van der Waals surface area contributed by atoms with Crippen molar-refractivity contribution >= 4 is 0 Å². The minimum absolute atomic E-state index is 0. The fraction of sp³-hybridized carbons (Fsp3) is 0. The molecule has 0 aliphatic rings. The Kier molecular flexibility index (Phi) is 19.9. The van der Waals surface area contributed by atoms with Crippen LogP contribution >= 0.6 is 0 Å². The molecule has 0 spiro atoms. The average molecular weight is 204 g/mol. The summed E-state index contributed by atoms with van der Waals surface area (Å²) in [5.41, 5.74) is 0. The summed E-state index contributed by atoms with van der Waals surface area (Å²) in [6, 6.07) is 0. The monoisotopic (exact) mass is 206 g/mol. The second-order valence-corrected chi connectivity index (χ2v) is 0.0583. The molecule has 0 heterocycles. The summed E-state index contributed by atoms with van der Waals surface area (Å²) in [5, 5.41) is 1.25. The van der Waals surface area contributed by atoms with Crippen molar-refractivity contribution in [3.8, 4) is 0 Å². The van der Waals surface area contributed by atoms with E-state index in [4.69, 9.17) is 9.05 Å². The molecule has 0 bridgehead atoms. The summed E-state index contributed by atoms with van der Waals surface area (Å²) in [6.07, 6.45) is 0. The Bertz CT molecular complexity index is 6.00. The number of hydrogen-bond acceptors (Lipinski definition) is 1. The van der Waals surface area contributed by atoms with Crippen LogP contribution in [0.1, 0.15) is 0 Å². The standard InChI is InChI=1S/F2O.Sm/c1-3-2;. The summed E-state index contributed by atoms with van der Waals surface area (Å²) in [6.45, 7) is 0. The van der Waals surface area contributed by atoms with Gasteiger partial charge in [-0.25, -0.2) is 0 Å². The first-order chi connectivity index (χ1) is 1.41. The fourth-order valence-corrected chi connectivity index (χ4v) is 0. The Balaban J connectivity index is 0. The summed E-state index contributed by atoms with van der Waals surface area (Å²) >= 11 is 0. The van der Waals surface area contributed by atoms with E-state index >= 15 is 0 Å². The van der Waals surface area contributed by atoms with Crippen molar-refractivity contribution in [1.29, 1.82) is 0 Å². The first kappa shape index (κ1) is 8.94. The third kappa shape index (κ3) is 11.0. The van der Waals surface area contributed by atoms with Crippen LogP contribution in [0.4, 0.5) is 9.05 Å². The molecule has 0 rings (SSSR count). The first-order valence-corrected chi connectivity index (χ1v) is 0.309. The van der Waals surface area contributed by atoms with Crippen LogP contribution < -0.4 is 0 Å². The maximum absolute atomic E-state index is 9.12. The molecule has 0 unspecified atom stereocenters. The van der Waals surface area contributed by atoms with E-state index in [1.807, 2.05) is 0 Å². The first-order valence-electron chi connectivity index (χ1n) is 0.309. The van der Waals surface area contributed by atoms with Gasteiger partial charge in [0, 0.05) is 45.5 Å². The van der Waals surface area contributed by atoms with Gasteiger partial charge >= 0.3 is 0 Å². The van der Waals surface area contributed by atoms with Crippen molar-refractivity contribution in [2.24, 2.45) is 0 Å². The summed E-state index contributed by atoms with van der Waals surface area (Å²) in [5.74, 6) is 0. The van der Waals surface area contributed by atoms with Crippen LogP contribution in [0, 0.1) is 40.4 Å². The molecule has 0 aliphatic heterocycles. The van der Waals surface area contributed by atoms with E-state index in [-0.39, 0.29) is 40.4 Å². The van der Waals surface area contributed by atoms with Crippen LogP contribution in [0.25, 0.3) is 0 Å². The van der Waals surface area contributed by atoms with Crippen LogP contribution in [0.3, 0.4) is 0 Å². The van der Waals surface area contributed by atoms with Gasteiger partial charge in [-0.15, -0.1) is 0 Å². The van der Waals surface area contributed by atoms with Gasteiger partial charge in [-0.05, 0) is 9.05 Å². The van der Waals surface area contributed by atoms with Crippen LogP contribution in [-0.4, -0.2) is 0 Å². The van der Waals surface area contributed by atoms with Crippen LogP contribution in [-0.2, 0) is 5.15 Å². The summed E-state index contributed by atoms with van der Waals surface area (Å²) in [7, 11) is 0. The molecule has 0 aliphatic carbocycles. The third-order valence-electron chi connectivity index (χ3n) is 0. The average Bonchev–Trinajstić information content (AvgIpc) is 0.918. The second kappa shape index (κ2) is 8.90. The third-order valence-corrected chi connectivity index (χ3v) is 0. The number of hydrogen-bond donors (Lipinski definition) is 0. The van der Waals surface area contributed by atoms with E-state index in [0.717, 1.165) is 0 Å². The molecule has 0 aromatic rings. The van der Waals surface area contributed by atoms with Gasteiger partial charge in [0.05, 0.1) is 0 Å². The molecular weight excluding hydrogens is 204 g/mol. The predicted molar refractivity (Wildman–Crippen MR) is 3.30 cm³/mol. The molecule has 4 heavy (non-hydrogen) atoms. The maximum Gasteiger partial charge on any atom is 0.0209 e. The van der Waals surface area contributed by atoms with Gasteiger partial charge in [0.2, 0.25) is 0 Å². The number of rotatable bonds is 0. The Morgan fingerprint density at radius 2 is 1.25 bits per heavy atom. The molecule has 1 nitrogen and oxygen atoms in total. The quantitative estimate of drug-likeness (QED) is 0.566. The molecule has 4 heteroatoms. The normalized spacial score (nSPS) is 4.50. The Morgan fingerprint density at radius 3 is 1.25 bits per heavy atom. The van der Waals surface area contributed by atoms with Gasteiger partial charge in [-0.1, -0.05) is 0 Å². The molecule has 0 amide bonds. The minimum atomic E-state index is 0. The van der Waals surface area contributed by atoms with Crippen molar-refractivity contribution in [1.82, 2.24) is 0 Å². The van der Waals surface area contributed by atoms with E-state index < -0.39 is 0 Å². The van der Waals surface area contributed by atoms with Gasteiger partial charge in [-0.2, -0.15) is 0 Å². The SMILES string of the molecule is FOF.[Sm]. The summed E-state index contributed by atoms with van der Waals surface area (Å²) < 4.78 is 18.2. The molecule has 0 saturated heterocycles. The Hall–Kier alpha value is 1.16. The van der Waals surface area contributed by atoms with Crippen molar-refractivity contribution < 1.29 is 54.6 Å². The fourth-order valence-electron chi connectivity index (χ4n) is 0. The van der Waals surface area contributed by atoms with Gasteiger partial charge < -0.3 is 0 Å². The Labute approximate surface area is 54.2 Å². The van der Waals surface area contributed by atoms with Crippen molar-refractivity contribution in [2.75, 3.05) is 0 Å². The molecule has 26 valence electrons. The van der Waals surface area contributed by atoms with Gasteiger partial charge in [0.1, 0.15) is 0 Å². The van der Waals surface area contributed by atoms with Crippen LogP contribution in [0.2, 0.25) is 0 Å². The topological polar surface area (TPSA) is 9.23 Å². The Morgan fingerprint density at radius 1 is 1.25 bits per heavy atom. The van der Waals surface area contributed by atoms with E-state index in [0.29, 0.717) is 0 Å². The predicted octanol–water partition coefficient (Wildman–Crippen LogP) is 0.772. The number of halogens is 2. The van der Waals surface area contributed by atoms with E-state index in [9.17, 15) is 0 Å². The van der Waals surface area contributed by atoms with E-state index in [1.54, 1.807) is 0 Å². The van der Waals surface area contributed by atoms with Crippen molar-refractivity contribution in [3.05, 3.63) is 0 Å². The van der Waals surface area contributed by atoms with Gasteiger partial charge in [0.25, 0.3) is 0 Å². The smallest absolute Gasteiger partial charge is 0.0104 e. The zero-order valence-corrected chi connectivity index (χ0v) is 4.19. The molecule has 0 aromatic carbocycles. The zero-order chi connectivity index (χ0) is 2.71. The van der Waals surface area contributed by atoms with Gasteiger partial charge in [0.15, 0.2) is 0 Å². The minimum Gasteiger partial charge on any atom is -0.0104 e. The van der Waals surface area contributed by atoms with Crippen LogP contribution in [0.15, 0.2) is 0 Å². The largest absolute Gasteiger partial charge is 0.0209 e. The summed E-state index contributed by atoms with van der Waals surface area (Å²) in [4.78, 5) is 0. The van der Waals surface area contributed by atoms with E-state index in [1.165, 1.54) is 5.15 Å². The molecule has 0 fully saturated rings. The molecule has 0 saturated carbocycles. The maximum atomic E-state index is 9.12. The van der Waals surface area contributed by atoms with Crippen molar-refractivity contribution in [3.63, 3.8) is 0 Å². The molecule has 0 atom stereocenters. The van der Waals surface area contributed by atoms with Crippen molar-refractivity contribution in [2.45, 2.75) is 0 Å². The molecular formula is F2OSm. The molecule has 0 N–H and O–H groups in total. The van der Waals surface area contributed by atoms with E-state index in [2.05, 4.69) is 0 Å². The van der Waals surface area contributed by atoms with Gasteiger partial charge in [-0.3, -0.25) is 0 Å². The van der Waals surface area contributed by atoms with Crippen LogP contribution in [0.5, 0.6) is 0 Å².